The van der Waals surface area contributed by atoms with Crippen molar-refractivity contribution < 1.29 is 0 Å². The Hall–Kier alpha value is -1.50. The zero-order valence-corrected chi connectivity index (χ0v) is 12.0. The van der Waals surface area contributed by atoms with Crippen molar-refractivity contribution in [1.29, 1.82) is 0 Å². The van der Waals surface area contributed by atoms with Gasteiger partial charge >= 0.3 is 0 Å². The van der Waals surface area contributed by atoms with Gasteiger partial charge in [-0.15, -0.1) is 0 Å². The zero-order valence-electron chi connectivity index (χ0n) is 12.0. The average molecular weight is 251 g/mol. The second kappa shape index (κ2) is 3.33. The van der Waals surface area contributed by atoms with E-state index in [1.165, 1.54) is 35.7 Å². The highest BCUT2D eigenvalue weighted by Crippen LogP contribution is 2.57. The molecule has 98 valence electrons. The minimum Gasteiger partial charge on any atom is -0.361 e. The Morgan fingerprint density at radius 2 is 1.95 bits per heavy atom. The third-order valence-electron chi connectivity index (χ3n) is 5.42. The van der Waals surface area contributed by atoms with E-state index in [-0.39, 0.29) is 5.41 Å². The molecule has 0 saturated heterocycles. The van der Waals surface area contributed by atoms with E-state index in [9.17, 15) is 0 Å². The van der Waals surface area contributed by atoms with Gasteiger partial charge in [0.2, 0.25) is 0 Å². The summed E-state index contributed by atoms with van der Waals surface area (Å²) < 4.78 is 0. The molecule has 0 amide bonds. The number of nitrogens with one attached hydrogen (secondary N) is 1. The van der Waals surface area contributed by atoms with Crippen LogP contribution in [-0.4, -0.2) is 4.98 Å². The van der Waals surface area contributed by atoms with E-state index in [2.05, 4.69) is 50.0 Å². The molecule has 1 nitrogen and oxygen atoms in total. The Balaban J connectivity index is 2.00. The zero-order chi connectivity index (χ0) is 13.3. The molecule has 2 aliphatic rings. The smallest absolute Gasteiger partial charge is 0.0460 e. The first kappa shape index (κ1) is 11.3. The van der Waals surface area contributed by atoms with Crippen LogP contribution in [0.15, 0.2) is 30.0 Å². The molecule has 1 aromatic heterocycles. The maximum Gasteiger partial charge on any atom is 0.0460 e. The first-order valence-electron chi connectivity index (χ1n) is 7.35. The molecule has 0 bridgehead atoms. The van der Waals surface area contributed by atoms with Crippen LogP contribution >= 0.6 is 0 Å². The average Bonchev–Trinajstić information content (AvgIpc) is 2.90. The van der Waals surface area contributed by atoms with Crippen LogP contribution in [0.3, 0.4) is 0 Å². The van der Waals surface area contributed by atoms with Crippen LogP contribution in [0.4, 0.5) is 0 Å². The van der Waals surface area contributed by atoms with Crippen molar-refractivity contribution in [3.8, 4) is 0 Å². The monoisotopic (exact) mass is 251 g/mol. The maximum atomic E-state index is 3.33. The minimum atomic E-state index is 0.266. The van der Waals surface area contributed by atoms with Gasteiger partial charge in [0.15, 0.2) is 0 Å². The molecule has 1 atom stereocenters. The molecule has 0 aliphatic heterocycles. The summed E-state index contributed by atoms with van der Waals surface area (Å²) in [6.07, 6.45) is 8.46. The molecule has 1 N–H and O–H groups in total. The molecular weight excluding hydrogens is 230 g/mol. The molecule has 1 aromatic carbocycles. The number of rotatable bonds is 0. The molecule has 19 heavy (non-hydrogen) atoms. The van der Waals surface area contributed by atoms with Gasteiger partial charge in [-0.3, -0.25) is 0 Å². The third kappa shape index (κ3) is 1.36. The summed E-state index contributed by atoms with van der Waals surface area (Å²) in [5, 5.41) is 1.35. The second-order valence-electron chi connectivity index (χ2n) is 7.13. The first-order valence-corrected chi connectivity index (χ1v) is 7.35. The fraction of sp³-hybridized carbons (Fsp3) is 0.444. The summed E-state index contributed by atoms with van der Waals surface area (Å²) in [6.45, 7) is 7.27. The predicted molar refractivity (Wildman–Crippen MR) is 81.3 cm³/mol. The Kier molecular flexibility index (Phi) is 1.99. The molecule has 0 spiro atoms. The van der Waals surface area contributed by atoms with Gasteiger partial charge in [-0.1, -0.05) is 38.8 Å². The SMILES string of the molecule is CC1(C)CCCC2(C)C1=Cc1cc3[nH]ccc3cc12. The normalized spacial score (nSPS) is 28.1. The van der Waals surface area contributed by atoms with Gasteiger partial charge in [-0.25, -0.2) is 0 Å². The lowest BCUT2D eigenvalue weighted by Crippen LogP contribution is -2.35. The van der Waals surface area contributed by atoms with Crippen molar-refractivity contribution in [2.24, 2.45) is 5.41 Å². The molecule has 1 fully saturated rings. The fourth-order valence-electron chi connectivity index (χ4n) is 4.40. The van der Waals surface area contributed by atoms with E-state index in [0.29, 0.717) is 5.41 Å². The molecule has 1 unspecified atom stereocenters. The van der Waals surface area contributed by atoms with E-state index in [0.717, 1.165) is 0 Å². The minimum absolute atomic E-state index is 0.266. The Labute approximate surface area is 114 Å². The molecule has 0 radical (unpaired) electrons. The molecule has 4 rings (SSSR count). The van der Waals surface area contributed by atoms with Crippen LogP contribution in [0.25, 0.3) is 17.0 Å². The molecule has 1 saturated carbocycles. The lowest BCUT2D eigenvalue weighted by molar-refractivity contribution is 0.266. The largest absolute Gasteiger partial charge is 0.361 e. The second-order valence-corrected chi connectivity index (χ2v) is 7.13. The van der Waals surface area contributed by atoms with Gasteiger partial charge in [0, 0.05) is 17.1 Å². The number of aromatic nitrogens is 1. The summed E-state index contributed by atoms with van der Waals surface area (Å²) >= 11 is 0. The molecule has 1 heteroatoms. The van der Waals surface area contributed by atoms with Crippen LogP contribution < -0.4 is 0 Å². The van der Waals surface area contributed by atoms with E-state index in [1.807, 2.05) is 6.20 Å². The topological polar surface area (TPSA) is 15.8 Å². The number of H-pyrrole nitrogens is 1. The van der Waals surface area contributed by atoms with Crippen molar-refractivity contribution in [2.75, 3.05) is 0 Å². The summed E-state index contributed by atoms with van der Waals surface area (Å²) in [4.78, 5) is 3.33. The summed E-state index contributed by atoms with van der Waals surface area (Å²) in [5.74, 6) is 0. The van der Waals surface area contributed by atoms with Crippen molar-refractivity contribution in [2.45, 2.75) is 45.4 Å². The third-order valence-corrected chi connectivity index (χ3v) is 5.42. The van der Waals surface area contributed by atoms with Crippen LogP contribution in [0, 0.1) is 5.41 Å². The van der Waals surface area contributed by atoms with Crippen LogP contribution in [0.2, 0.25) is 0 Å². The lowest BCUT2D eigenvalue weighted by atomic mass is 9.60. The first-order chi connectivity index (χ1) is 9.01. The quantitative estimate of drug-likeness (QED) is 0.675. The van der Waals surface area contributed by atoms with Gasteiger partial charge in [-0.05, 0) is 53.0 Å². The van der Waals surface area contributed by atoms with Gasteiger partial charge in [0.25, 0.3) is 0 Å². The van der Waals surface area contributed by atoms with Crippen molar-refractivity contribution in [3.05, 3.63) is 41.1 Å². The number of fused-ring (bicyclic) bond motifs is 4. The van der Waals surface area contributed by atoms with Gasteiger partial charge in [0.05, 0.1) is 0 Å². The highest BCUT2D eigenvalue weighted by atomic mass is 14.7. The molecule has 2 aliphatic carbocycles. The maximum absolute atomic E-state index is 3.33. The van der Waals surface area contributed by atoms with Crippen molar-refractivity contribution in [3.63, 3.8) is 0 Å². The molecule has 1 heterocycles. The fourth-order valence-corrected chi connectivity index (χ4v) is 4.40. The molecule has 2 aromatic rings. The van der Waals surface area contributed by atoms with Crippen LogP contribution in [0.5, 0.6) is 0 Å². The van der Waals surface area contributed by atoms with Crippen molar-refractivity contribution >= 4 is 17.0 Å². The highest BCUT2D eigenvalue weighted by molar-refractivity contribution is 5.87. The summed E-state index contributed by atoms with van der Waals surface area (Å²) in [7, 11) is 0. The summed E-state index contributed by atoms with van der Waals surface area (Å²) in [5.41, 5.74) is 6.50. The number of hydrogen-bond acceptors (Lipinski definition) is 0. The lowest BCUT2D eigenvalue weighted by Gasteiger charge is -2.44. The number of aromatic amines is 1. The number of benzene rings is 1. The summed E-state index contributed by atoms with van der Waals surface area (Å²) in [6, 6.07) is 6.92. The van der Waals surface area contributed by atoms with E-state index >= 15 is 0 Å². The van der Waals surface area contributed by atoms with Crippen molar-refractivity contribution in [1.82, 2.24) is 4.98 Å². The van der Waals surface area contributed by atoms with Gasteiger partial charge in [0.1, 0.15) is 0 Å². The Morgan fingerprint density at radius 3 is 2.79 bits per heavy atom. The highest BCUT2D eigenvalue weighted by Gasteiger charge is 2.46. The predicted octanol–water partition coefficient (Wildman–Crippen LogP) is 5.03. The van der Waals surface area contributed by atoms with E-state index < -0.39 is 0 Å². The van der Waals surface area contributed by atoms with Gasteiger partial charge in [-0.2, -0.15) is 0 Å². The van der Waals surface area contributed by atoms with E-state index in [4.69, 9.17) is 0 Å². The standard InChI is InChI=1S/C18H21N/c1-17(2)6-4-7-18(3)14-9-12-5-8-19-15(12)10-13(14)11-16(17)18/h5,8-11,19H,4,6-7H2,1-3H3. The van der Waals surface area contributed by atoms with Gasteiger partial charge < -0.3 is 4.98 Å². The number of allylic oxidation sites excluding steroid dienone is 1. The molecular formula is C18H21N. The van der Waals surface area contributed by atoms with Crippen LogP contribution in [0.1, 0.15) is 51.2 Å². The Bertz CT molecular complexity index is 702. The van der Waals surface area contributed by atoms with Crippen LogP contribution in [-0.2, 0) is 5.41 Å². The number of hydrogen-bond donors (Lipinski definition) is 1. The van der Waals surface area contributed by atoms with E-state index in [1.54, 1.807) is 11.1 Å². The Morgan fingerprint density at radius 1 is 1.11 bits per heavy atom.